The Bertz CT molecular complexity index is 926. The zero-order valence-electron chi connectivity index (χ0n) is 14.5. The van der Waals surface area contributed by atoms with Crippen LogP contribution in [0.2, 0.25) is 0 Å². The first kappa shape index (κ1) is 16.1. The second-order valence-corrected chi connectivity index (χ2v) is 7.57. The highest BCUT2D eigenvalue weighted by Crippen LogP contribution is 2.30. The lowest BCUT2D eigenvalue weighted by Crippen LogP contribution is -2.48. The predicted molar refractivity (Wildman–Crippen MR) is 104 cm³/mol. The maximum absolute atomic E-state index is 12.7. The molecule has 1 aromatic heterocycles. The highest BCUT2D eigenvalue weighted by atomic mass is 32.1. The van der Waals surface area contributed by atoms with Crippen molar-refractivity contribution in [1.29, 1.82) is 0 Å². The molecule has 0 radical (unpaired) electrons. The number of carbonyl (C=O) groups is 1. The average Bonchev–Trinajstić information content (AvgIpc) is 3.05. The minimum atomic E-state index is 0.137. The van der Waals surface area contributed by atoms with Crippen molar-refractivity contribution in [2.45, 2.75) is 13.8 Å². The number of carbonyl (C=O) groups excluding carboxylic acids is 1. The van der Waals surface area contributed by atoms with E-state index < -0.39 is 0 Å². The van der Waals surface area contributed by atoms with Gasteiger partial charge >= 0.3 is 0 Å². The molecule has 0 N–H and O–H groups in total. The molecule has 2 heterocycles. The molecule has 0 aliphatic carbocycles. The van der Waals surface area contributed by atoms with Crippen molar-refractivity contribution in [3.05, 3.63) is 59.2 Å². The van der Waals surface area contributed by atoms with Crippen LogP contribution in [0.1, 0.15) is 21.5 Å². The number of piperazine rings is 1. The minimum absolute atomic E-state index is 0.137. The zero-order chi connectivity index (χ0) is 17.4. The third-order valence-electron chi connectivity index (χ3n) is 4.75. The summed E-state index contributed by atoms with van der Waals surface area (Å²) in [4.78, 5) is 21.7. The van der Waals surface area contributed by atoms with Crippen molar-refractivity contribution in [3.63, 3.8) is 0 Å². The number of fused-ring (bicyclic) bond motifs is 1. The van der Waals surface area contributed by atoms with Crippen molar-refractivity contribution in [2.24, 2.45) is 0 Å². The fourth-order valence-corrected chi connectivity index (χ4v) is 4.35. The van der Waals surface area contributed by atoms with Gasteiger partial charge < -0.3 is 9.80 Å². The fraction of sp³-hybridized carbons (Fsp3) is 0.300. The topological polar surface area (TPSA) is 36.4 Å². The van der Waals surface area contributed by atoms with Crippen LogP contribution in [-0.4, -0.2) is 42.0 Å². The second-order valence-electron chi connectivity index (χ2n) is 6.56. The molecule has 0 spiro atoms. The first-order valence-electron chi connectivity index (χ1n) is 8.59. The summed E-state index contributed by atoms with van der Waals surface area (Å²) in [5.41, 5.74) is 4.17. The van der Waals surface area contributed by atoms with Crippen molar-refractivity contribution in [1.82, 2.24) is 9.88 Å². The van der Waals surface area contributed by atoms with Crippen LogP contribution < -0.4 is 4.90 Å². The van der Waals surface area contributed by atoms with Crippen LogP contribution in [0, 0.1) is 13.8 Å². The van der Waals surface area contributed by atoms with E-state index in [-0.39, 0.29) is 5.91 Å². The molecule has 5 heteroatoms. The predicted octanol–water partition coefficient (Wildman–Crippen LogP) is 3.88. The molecule has 0 unspecified atom stereocenters. The van der Waals surface area contributed by atoms with Gasteiger partial charge in [-0.15, -0.1) is 0 Å². The van der Waals surface area contributed by atoms with Gasteiger partial charge in [-0.3, -0.25) is 4.79 Å². The smallest absolute Gasteiger partial charge is 0.254 e. The summed E-state index contributed by atoms with van der Waals surface area (Å²) in [7, 11) is 0. The van der Waals surface area contributed by atoms with Gasteiger partial charge in [-0.1, -0.05) is 35.6 Å². The Kier molecular flexibility index (Phi) is 4.17. The number of nitrogens with zero attached hydrogens (tertiary/aromatic N) is 3. The van der Waals surface area contributed by atoms with E-state index in [4.69, 9.17) is 4.98 Å². The summed E-state index contributed by atoms with van der Waals surface area (Å²) in [5, 5.41) is 1.06. The van der Waals surface area contributed by atoms with Gasteiger partial charge in [-0.2, -0.15) is 0 Å². The molecule has 4 nitrogen and oxygen atoms in total. The monoisotopic (exact) mass is 351 g/mol. The molecule has 128 valence electrons. The van der Waals surface area contributed by atoms with E-state index in [9.17, 15) is 4.79 Å². The maximum atomic E-state index is 12.7. The Morgan fingerprint density at radius 1 is 1.04 bits per heavy atom. The molecular formula is C20H21N3OS. The molecule has 1 amide bonds. The highest BCUT2D eigenvalue weighted by molar-refractivity contribution is 7.22. The normalized spacial score (nSPS) is 15.0. The Morgan fingerprint density at radius 2 is 1.80 bits per heavy atom. The number of rotatable bonds is 2. The number of hydrogen-bond acceptors (Lipinski definition) is 4. The number of benzene rings is 2. The summed E-state index contributed by atoms with van der Waals surface area (Å²) < 4.78 is 1.23. The average molecular weight is 351 g/mol. The van der Waals surface area contributed by atoms with Crippen molar-refractivity contribution >= 4 is 32.6 Å². The van der Waals surface area contributed by atoms with E-state index in [0.717, 1.165) is 48.0 Å². The van der Waals surface area contributed by atoms with Gasteiger partial charge in [-0.05, 0) is 43.2 Å². The molecule has 0 saturated carbocycles. The van der Waals surface area contributed by atoms with Gasteiger partial charge in [0.2, 0.25) is 0 Å². The lowest BCUT2D eigenvalue weighted by molar-refractivity contribution is 0.0746. The highest BCUT2D eigenvalue weighted by Gasteiger charge is 2.24. The lowest BCUT2D eigenvalue weighted by atomic mass is 10.1. The molecule has 0 atom stereocenters. The van der Waals surface area contributed by atoms with Crippen LogP contribution in [0.15, 0.2) is 42.5 Å². The molecule has 0 bridgehead atoms. The summed E-state index contributed by atoms with van der Waals surface area (Å²) in [6, 6.07) is 14.2. The van der Waals surface area contributed by atoms with Gasteiger partial charge in [0.05, 0.1) is 10.2 Å². The van der Waals surface area contributed by atoms with E-state index in [0.29, 0.717) is 0 Å². The van der Waals surface area contributed by atoms with Gasteiger partial charge in [0, 0.05) is 31.7 Å². The second kappa shape index (κ2) is 6.48. The molecule has 1 saturated heterocycles. The van der Waals surface area contributed by atoms with Crippen LogP contribution in [0.4, 0.5) is 5.13 Å². The van der Waals surface area contributed by atoms with Gasteiger partial charge in [0.15, 0.2) is 5.13 Å². The molecule has 1 aliphatic rings. The van der Waals surface area contributed by atoms with Crippen LogP contribution in [-0.2, 0) is 0 Å². The Morgan fingerprint density at radius 3 is 2.56 bits per heavy atom. The number of aryl methyl sites for hydroxylation is 2. The third-order valence-corrected chi connectivity index (χ3v) is 5.82. The molecule has 2 aromatic carbocycles. The molecule has 25 heavy (non-hydrogen) atoms. The van der Waals surface area contributed by atoms with E-state index >= 15 is 0 Å². The summed E-state index contributed by atoms with van der Waals surface area (Å²) in [6.07, 6.45) is 0. The summed E-state index contributed by atoms with van der Waals surface area (Å²) in [5.74, 6) is 0.137. The van der Waals surface area contributed by atoms with Crippen LogP contribution >= 0.6 is 11.3 Å². The quantitative estimate of drug-likeness (QED) is 0.703. The Labute approximate surface area is 151 Å². The Balaban J connectivity index is 1.47. The Hall–Kier alpha value is -2.40. The first-order valence-corrected chi connectivity index (χ1v) is 9.40. The van der Waals surface area contributed by atoms with Crippen molar-refractivity contribution < 1.29 is 4.79 Å². The van der Waals surface area contributed by atoms with Crippen LogP contribution in [0.5, 0.6) is 0 Å². The number of anilines is 1. The van der Waals surface area contributed by atoms with E-state index in [1.165, 1.54) is 10.3 Å². The molecule has 1 aliphatic heterocycles. The van der Waals surface area contributed by atoms with E-state index in [1.54, 1.807) is 11.3 Å². The summed E-state index contributed by atoms with van der Waals surface area (Å²) >= 11 is 1.74. The van der Waals surface area contributed by atoms with E-state index in [1.807, 2.05) is 36.1 Å². The third kappa shape index (κ3) is 3.12. The lowest BCUT2D eigenvalue weighted by Gasteiger charge is -2.34. The standard InChI is InChI=1S/C20H21N3OS/c1-14-7-8-17-18(13-14)25-20(21-17)23-11-9-22(10-12-23)19(24)16-6-4-3-5-15(16)2/h3-8,13H,9-12H2,1-2H3. The summed E-state index contributed by atoms with van der Waals surface area (Å²) in [6.45, 7) is 7.23. The van der Waals surface area contributed by atoms with E-state index in [2.05, 4.69) is 30.0 Å². The van der Waals surface area contributed by atoms with Gasteiger partial charge in [0.25, 0.3) is 5.91 Å². The molecule has 4 rings (SSSR count). The van der Waals surface area contributed by atoms with Crippen molar-refractivity contribution in [3.8, 4) is 0 Å². The van der Waals surface area contributed by atoms with Crippen LogP contribution in [0.25, 0.3) is 10.2 Å². The number of amides is 1. The largest absolute Gasteiger partial charge is 0.345 e. The SMILES string of the molecule is Cc1ccc2nc(N3CCN(C(=O)c4ccccc4C)CC3)sc2c1. The molecular weight excluding hydrogens is 330 g/mol. The zero-order valence-corrected chi connectivity index (χ0v) is 15.3. The van der Waals surface area contributed by atoms with Crippen LogP contribution in [0.3, 0.4) is 0 Å². The van der Waals surface area contributed by atoms with Crippen molar-refractivity contribution in [2.75, 3.05) is 31.1 Å². The molecule has 3 aromatic rings. The number of thiazole rings is 1. The number of hydrogen-bond donors (Lipinski definition) is 0. The van der Waals surface area contributed by atoms with Gasteiger partial charge in [0.1, 0.15) is 0 Å². The maximum Gasteiger partial charge on any atom is 0.254 e. The fourth-order valence-electron chi connectivity index (χ4n) is 3.24. The minimum Gasteiger partial charge on any atom is -0.345 e. The molecule has 1 fully saturated rings. The number of aromatic nitrogens is 1. The van der Waals surface area contributed by atoms with Gasteiger partial charge in [-0.25, -0.2) is 4.98 Å². The first-order chi connectivity index (χ1) is 12.1.